The Bertz CT molecular complexity index is 439. The van der Waals surface area contributed by atoms with Crippen LogP contribution in [0.3, 0.4) is 0 Å². The molecule has 17 heavy (non-hydrogen) atoms. The highest BCUT2D eigenvalue weighted by Gasteiger charge is 2.33. The Morgan fingerprint density at radius 3 is 2.29 bits per heavy atom. The molecule has 1 aromatic rings. The van der Waals surface area contributed by atoms with Gasteiger partial charge in [-0.15, -0.1) is 0 Å². The summed E-state index contributed by atoms with van der Waals surface area (Å²) in [5.74, 6) is 0. The third-order valence-electron chi connectivity index (χ3n) is 3.22. The lowest BCUT2D eigenvalue weighted by Gasteiger charge is -2.35. The zero-order chi connectivity index (χ0) is 13.2. The van der Waals surface area contributed by atoms with Crippen LogP contribution in [0.25, 0.3) is 0 Å². The van der Waals surface area contributed by atoms with Crippen LogP contribution < -0.4 is 0 Å². The fourth-order valence-corrected chi connectivity index (χ4v) is 2.43. The Kier molecular flexibility index (Phi) is 3.95. The van der Waals surface area contributed by atoms with Crippen LogP contribution >= 0.6 is 0 Å². The first-order valence-corrected chi connectivity index (χ1v) is 5.94. The second kappa shape index (κ2) is 4.89. The maximum absolute atomic E-state index is 9.36. The molecule has 1 aromatic carbocycles. The van der Waals surface area contributed by atoms with Crippen molar-refractivity contribution >= 4 is 0 Å². The highest BCUT2D eigenvalue weighted by Crippen LogP contribution is 2.38. The molecule has 0 bridgehead atoms. The van der Waals surface area contributed by atoms with Crippen LogP contribution in [0, 0.1) is 30.6 Å². The van der Waals surface area contributed by atoms with E-state index in [0.29, 0.717) is 0 Å². The van der Waals surface area contributed by atoms with Gasteiger partial charge in [0.2, 0.25) is 0 Å². The molecule has 0 aromatic heterocycles. The Balaban J connectivity index is 3.34. The van der Waals surface area contributed by atoms with Crippen molar-refractivity contribution < 1.29 is 0 Å². The van der Waals surface area contributed by atoms with E-state index in [1.54, 1.807) is 0 Å². The first-order valence-electron chi connectivity index (χ1n) is 5.94. The molecule has 2 nitrogen and oxygen atoms in total. The Hall–Kier alpha value is -1.33. The fourth-order valence-electron chi connectivity index (χ4n) is 2.43. The quantitative estimate of drug-likeness (QED) is 0.795. The van der Waals surface area contributed by atoms with Gasteiger partial charge in [0.25, 0.3) is 0 Å². The second-order valence-electron chi connectivity index (χ2n) is 5.56. The molecule has 1 unspecified atom stereocenters. The fraction of sp³-hybridized carbons (Fsp3) is 0.533. The van der Waals surface area contributed by atoms with Gasteiger partial charge in [-0.2, -0.15) is 5.26 Å². The molecule has 1 rings (SSSR count). The van der Waals surface area contributed by atoms with E-state index in [1.165, 1.54) is 16.7 Å². The number of rotatable bonds is 3. The molecule has 0 aliphatic rings. The van der Waals surface area contributed by atoms with Gasteiger partial charge in [0.1, 0.15) is 0 Å². The number of hydrogen-bond acceptors (Lipinski definition) is 2. The lowest BCUT2D eigenvalue weighted by atomic mass is 9.79. The van der Waals surface area contributed by atoms with E-state index in [9.17, 15) is 5.26 Å². The Morgan fingerprint density at radius 1 is 1.24 bits per heavy atom. The van der Waals surface area contributed by atoms with Gasteiger partial charge in [0, 0.05) is 0 Å². The molecule has 0 amide bonds. The predicted molar refractivity (Wildman–Crippen MR) is 71.7 cm³/mol. The Morgan fingerprint density at radius 2 is 1.82 bits per heavy atom. The van der Waals surface area contributed by atoms with Crippen molar-refractivity contribution in [2.75, 3.05) is 14.1 Å². The van der Waals surface area contributed by atoms with E-state index < -0.39 is 5.41 Å². The molecule has 0 heterocycles. The summed E-state index contributed by atoms with van der Waals surface area (Å²) in [6.45, 7) is 8.20. The number of nitrogens with zero attached hydrogens (tertiary/aromatic N) is 2. The summed E-state index contributed by atoms with van der Waals surface area (Å²) in [5, 5.41) is 9.36. The standard InChI is InChI=1S/C15H22N2/c1-11-7-8-12(2)13(9-11)14(17(5)6)15(3,4)10-16/h7-9,14H,1-6H3. The lowest BCUT2D eigenvalue weighted by Crippen LogP contribution is -2.33. The van der Waals surface area contributed by atoms with Gasteiger partial charge < -0.3 is 4.90 Å². The molecule has 0 aliphatic heterocycles. The molecular formula is C15H22N2. The minimum Gasteiger partial charge on any atom is -0.301 e. The minimum atomic E-state index is -0.401. The van der Waals surface area contributed by atoms with Crippen LogP contribution in [0.1, 0.15) is 36.6 Å². The maximum atomic E-state index is 9.36. The highest BCUT2D eigenvalue weighted by atomic mass is 15.1. The average molecular weight is 230 g/mol. The van der Waals surface area contributed by atoms with E-state index in [1.807, 2.05) is 27.9 Å². The average Bonchev–Trinajstić information content (AvgIpc) is 2.22. The maximum Gasteiger partial charge on any atom is 0.0714 e. The van der Waals surface area contributed by atoms with E-state index in [-0.39, 0.29) is 6.04 Å². The van der Waals surface area contributed by atoms with Crippen LogP contribution in [-0.4, -0.2) is 19.0 Å². The van der Waals surface area contributed by atoms with Gasteiger partial charge in [-0.1, -0.05) is 23.8 Å². The van der Waals surface area contributed by atoms with E-state index in [4.69, 9.17) is 0 Å². The molecule has 0 N–H and O–H groups in total. The SMILES string of the molecule is Cc1ccc(C)c(C(N(C)C)C(C)(C)C#N)c1. The molecular weight excluding hydrogens is 208 g/mol. The summed E-state index contributed by atoms with van der Waals surface area (Å²) in [5.41, 5.74) is 3.34. The van der Waals surface area contributed by atoms with Gasteiger partial charge in [-0.05, 0) is 52.9 Å². The van der Waals surface area contributed by atoms with Crippen LogP contribution in [0.4, 0.5) is 0 Å². The second-order valence-corrected chi connectivity index (χ2v) is 5.56. The highest BCUT2D eigenvalue weighted by molar-refractivity contribution is 5.35. The van der Waals surface area contributed by atoms with Crippen molar-refractivity contribution in [1.29, 1.82) is 5.26 Å². The van der Waals surface area contributed by atoms with E-state index in [0.717, 1.165) is 0 Å². The number of nitriles is 1. The summed E-state index contributed by atoms with van der Waals surface area (Å²) in [7, 11) is 4.07. The molecule has 92 valence electrons. The first-order chi connectivity index (χ1) is 7.79. The molecule has 0 fully saturated rings. The molecule has 0 spiro atoms. The van der Waals surface area contributed by atoms with Gasteiger partial charge in [-0.25, -0.2) is 0 Å². The molecule has 0 saturated carbocycles. The molecule has 1 atom stereocenters. The van der Waals surface area contributed by atoms with E-state index in [2.05, 4.69) is 43.0 Å². The third-order valence-corrected chi connectivity index (χ3v) is 3.22. The van der Waals surface area contributed by atoms with Crippen LogP contribution in [0.2, 0.25) is 0 Å². The van der Waals surface area contributed by atoms with E-state index >= 15 is 0 Å². The molecule has 0 aliphatic carbocycles. The van der Waals surface area contributed by atoms with Gasteiger partial charge >= 0.3 is 0 Å². The lowest BCUT2D eigenvalue weighted by molar-refractivity contribution is 0.184. The van der Waals surface area contributed by atoms with Gasteiger partial charge in [0.15, 0.2) is 0 Å². The number of hydrogen-bond donors (Lipinski definition) is 0. The predicted octanol–water partition coefficient (Wildman–Crippen LogP) is 3.46. The Labute approximate surface area is 105 Å². The van der Waals surface area contributed by atoms with Gasteiger partial charge in [-0.3, -0.25) is 0 Å². The van der Waals surface area contributed by atoms with Crippen LogP contribution in [-0.2, 0) is 0 Å². The van der Waals surface area contributed by atoms with Crippen LogP contribution in [0.5, 0.6) is 0 Å². The zero-order valence-electron chi connectivity index (χ0n) is 11.7. The topological polar surface area (TPSA) is 27.0 Å². The molecule has 0 saturated heterocycles. The monoisotopic (exact) mass is 230 g/mol. The summed E-state index contributed by atoms with van der Waals surface area (Å²) < 4.78 is 0. The largest absolute Gasteiger partial charge is 0.301 e. The first kappa shape index (κ1) is 13.7. The van der Waals surface area contributed by atoms with Crippen molar-refractivity contribution in [3.63, 3.8) is 0 Å². The molecule has 2 heteroatoms. The van der Waals surface area contributed by atoms with Crippen molar-refractivity contribution in [3.05, 3.63) is 34.9 Å². The van der Waals surface area contributed by atoms with Crippen molar-refractivity contribution in [2.45, 2.75) is 33.7 Å². The van der Waals surface area contributed by atoms with Crippen LogP contribution in [0.15, 0.2) is 18.2 Å². The van der Waals surface area contributed by atoms with Crippen molar-refractivity contribution in [2.24, 2.45) is 5.41 Å². The summed E-state index contributed by atoms with van der Waals surface area (Å²) >= 11 is 0. The summed E-state index contributed by atoms with van der Waals surface area (Å²) in [6, 6.07) is 8.99. The smallest absolute Gasteiger partial charge is 0.0714 e. The number of aryl methyl sites for hydroxylation is 2. The van der Waals surface area contributed by atoms with Gasteiger partial charge in [0.05, 0.1) is 17.5 Å². The number of benzene rings is 1. The molecule has 0 radical (unpaired) electrons. The third kappa shape index (κ3) is 2.87. The summed E-state index contributed by atoms with van der Waals surface area (Å²) in [6.07, 6.45) is 0. The van der Waals surface area contributed by atoms with Crippen molar-refractivity contribution in [3.8, 4) is 6.07 Å². The summed E-state index contributed by atoms with van der Waals surface area (Å²) in [4.78, 5) is 2.13. The van der Waals surface area contributed by atoms with Crippen molar-refractivity contribution in [1.82, 2.24) is 4.90 Å². The minimum absolute atomic E-state index is 0.118. The normalized spacial score (nSPS) is 13.5. The zero-order valence-corrected chi connectivity index (χ0v) is 11.7.